The molecule has 8 aromatic rings. The molecule has 0 unspecified atom stereocenters. The summed E-state index contributed by atoms with van der Waals surface area (Å²) >= 11 is 0. The molecule has 0 bridgehead atoms. The number of fused-ring (bicyclic) bond motifs is 1. The lowest BCUT2D eigenvalue weighted by molar-refractivity contribution is -0.666. The normalized spacial score (nSPS) is 11.6. The highest BCUT2D eigenvalue weighted by Gasteiger charge is 2.52. The third kappa shape index (κ3) is 8.23. The molecule has 0 aliphatic heterocycles. The number of hydrogen-bond acceptors (Lipinski definition) is 1. The molecule has 0 saturated heterocycles. The van der Waals surface area contributed by atoms with E-state index in [4.69, 9.17) is 4.74 Å². The lowest BCUT2D eigenvalue weighted by Gasteiger charge is -2.44. The molecule has 0 N–H and O–H groups in total. The van der Waals surface area contributed by atoms with E-state index >= 15 is 35.1 Å². The lowest BCUT2D eigenvalue weighted by Crippen LogP contribution is -2.81. The second kappa shape index (κ2) is 19.3. The summed E-state index contributed by atoms with van der Waals surface area (Å²) < 4.78 is 303. The molecule has 2 nitrogen and oxygen atoms in total. The van der Waals surface area contributed by atoms with Crippen molar-refractivity contribution in [1.82, 2.24) is 0 Å². The van der Waals surface area contributed by atoms with Crippen LogP contribution in [0.15, 0.2) is 84.9 Å². The first-order chi connectivity index (χ1) is 33.4. The van der Waals surface area contributed by atoms with Crippen molar-refractivity contribution in [3.05, 3.63) is 218 Å². The maximum atomic E-state index is 15.4. The van der Waals surface area contributed by atoms with Crippen molar-refractivity contribution in [2.24, 2.45) is 0 Å². The molecule has 0 spiro atoms. The van der Waals surface area contributed by atoms with Crippen molar-refractivity contribution in [3.8, 4) is 11.6 Å². The van der Waals surface area contributed by atoms with Gasteiger partial charge in [-0.15, -0.1) is 21.9 Å². The van der Waals surface area contributed by atoms with Crippen LogP contribution in [0, 0.1) is 130 Å². The predicted molar refractivity (Wildman–Crippen MR) is 215 cm³/mol. The van der Waals surface area contributed by atoms with Crippen LogP contribution >= 0.6 is 0 Å². The van der Waals surface area contributed by atoms with E-state index in [0.29, 0.717) is 0 Å². The van der Waals surface area contributed by atoms with E-state index in [1.807, 2.05) is 18.2 Å². The lowest BCUT2D eigenvalue weighted by atomic mass is 9.12. The molecule has 0 amide bonds. The number of aryl methyl sites for hydroxylation is 1. The van der Waals surface area contributed by atoms with Crippen LogP contribution in [0.2, 0.25) is 0 Å². The minimum Gasteiger partial charge on any atom is -0.405 e. The van der Waals surface area contributed by atoms with Gasteiger partial charge in [0.05, 0.1) is 6.07 Å². The zero-order valence-corrected chi connectivity index (χ0v) is 35.3. The van der Waals surface area contributed by atoms with Crippen LogP contribution in [0.1, 0.15) is 16.7 Å². The van der Waals surface area contributed by atoms with E-state index in [9.17, 15) is 52.7 Å². The SMILES string of the molecule is Cc1cccc(Oc2ccc3ccccc3[n+]2Cc2ccccc2)c1C.Fc1c(F)c(F)c([B-](c2c(F)c(F)c(F)c(F)c2F)(c2c(F)c(F)c(F)c(F)c2F)c2c(F)c(F)c(F)c(F)c2F)c(F)c1F. The number of halogens is 20. The van der Waals surface area contributed by atoms with Crippen LogP contribution in [-0.2, 0) is 6.54 Å². The standard InChI is InChI=1S/C24BF20.C24H22NO/c26-5-1(6(27)14(35)21(42)13(5)34)25(2-7(28)15(36)22(43)16(37)8(2)29,3-9(30)17(38)23(44)18(39)10(3)31)4-11(32)19(40)24(45)20(41)12(4)33;1-18-9-8-14-23(19(18)2)26-24-16-15-21-12-6-7-13-22(21)25(24)17-20-10-4-3-5-11-20/h;3-16H,17H2,1-2H3/q-1;+1. The topological polar surface area (TPSA) is 13.1 Å². The maximum Gasteiger partial charge on any atom is 0.374 e. The van der Waals surface area contributed by atoms with Crippen molar-refractivity contribution in [3.63, 3.8) is 0 Å². The van der Waals surface area contributed by atoms with Crippen LogP contribution in [-0.4, -0.2) is 6.15 Å². The highest BCUT2D eigenvalue weighted by molar-refractivity contribution is 7.20. The van der Waals surface area contributed by atoms with Gasteiger partial charge >= 0.3 is 5.88 Å². The summed E-state index contributed by atoms with van der Waals surface area (Å²) in [5.41, 5.74) is -9.51. The second-order valence-electron chi connectivity index (χ2n) is 15.4. The molecule has 23 heteroatoms. The van der Waals surface area contributed by atoms with Gasteiger partial charge < -0.3 is 4.74 Å². The van der Waals surface area contributed by atoms with Gasteiger partial charge in [0, 0.05) is 17.0 Å². The average Bonchev–Trinajstić information content (AvgIpc) is 3.36. The van der Waals surface area contributed by atoms with Gasteiger partial charge in [0.15, 0.2) is 76.4 Å². The summed E-state index contributed by atoms with van der Waals surface area (Å²) in [6, 6.07) is 29.3. The number of nitrogens with zero attached hydrogens (tertiary/aromatic N) is 1. The van der Waals surface area contributed by atoms with Gasteiger partial charge in [-0.25, -0.2) is 87.8 Å². The number of aromatic nitrogens is 1. The van der Waals surface area contributed by atoms with E-state index in [1.165, 1.54) is 27.6 Å². The van der Waals surface area contributed by atoms with E-state index in [0.717, 1.165) is 18.2 Å². The van der Waals surface area contributed by atoms with E-state index < -0.39 is 144 Å². The maximum absolute atomic E-state index is 15.4. The third-order valence-electron chi connectivity index (χ3n) is 11.6. The van der Waals surface area contributed by atoms with Gasteiger partial charge in [0.2, 0.25) is 5.52 Å². The molecule has 0 fully saturated rings. The quantitative estimate of drug-likeness (QED) is 0.0486. The van der Waals surface area contributed by atoms with Gasteiger partial charge in [0.25, 0.3) is 0 Å². The first-order valence-corrected chi connectivity index (χ1v) is 19.9. The molecule has 1 aromatic heterocycles. The Kier molecular flexibility index (Phi) is 13.9. The van der Waals surface area contributed by atoms with Gasteiger partial charge in [0.1, 0.15) is 58.4 Å². The monoisotopic (exact) mass is 1020 g/mol. The molecular weight excluding hydrogens is 997 g/mol. The fraction of sp³-hybridized carbons (Fsp3) is 0.0625. The average molecular weight is 1020 g/mol. The molecule has 71 heavy (non-hydrogen) atoms. The van der Waals surface area contributed by atoms with E-state index in [1.54, 1.807) is 0 Å². The second-order valence-corrected chi connectivity index (χ2v) is 15.4. The van der Waals surface area contributed by atoms with Crippen molar-refractivity contribution in [2.45, 2.75) is 20.4 Å². The highest BCUT2D eigenvalue weighted by atomic mass is 19.2. The minimum atomic E-state index is -7.22. The Morgan fingerprint density at radius 3 is 1.07 bits per heavy atom. The summed E-state index contributed by atoms with van der Waals surface area (Å²) in [6.45, 7) is 4.98. The van der Waals surface area contributed by atoms with Crippen molar-refractivity contribution < 1.29 is 97.1 Å². The number of rotatable bonds is 8. The fourth-order valence-electron chi connectivity index (χ4n) is 8.08. The molecule has 0 aliphatic rings. The summed E-state index contributed by atoms with van der Waals surface area (Å²) in [6.07, 6.45) is -7.22. The number of benzene rings is 7. The fourth-order valence-corrected chi connectivity index (χ4v) is 8.08. The Bertz CT molecular complexity index is 3080. The molecule has 1 heterocycles. The Morgan fingerprint density at radius 1 is 0.352 bits per heavy atom. The molecule has 368 valence electrons. The molecule has 0 radical (unpaired) electrons. The van der Waals surface area contributed by atoms with Crippen LogP contribution in [0.25, 0.3) is 10.9 Å². The van der Waals surface area contributed by atoms with Crippen LogP contribution in [0.4, 0.5) is 87.8 Å². The Labute approximate surface area is 385 Å². The number of para-hydroxylation sites is 1. The van der Waals surface area contributed by atoms with Crippen LogP contribution < -0.4 is 31.2 Å². The molecular formula is C48H22BF20NO. The molecule has 8 rings (SSSR count). The summed E-state index contributed by atoms with van der Waals surface area (Å²) in [5.74, 6) is -69.7. The van der Waals surface area contributed by atoms with E-state index in [2.05, 4.69) is 85.1 Å². The van der Waals surface area contributed by atoms with Crippen molar-refractivity contribution in [2.75, 3.05) is 0 Å². The summed E-state index contributed by atoms with van der Waals surface area (Å²) in [4.78, 5) is 0. The van der Waals surface area contributed by atoms with Gasteiger partial charge in [-0.1, -0.05) is 54.6 Å². The first-order valence-electron chi connectivity index (χ1n) is 19.9. The molecule has 0 atom stereocenters. The van der Waals surface area contributed by atoms with Crippen LogP contribution in [0.5, 0.6) is 11.6 Å². The minimum absolute atomic E-state index is 0.766. The van der Waals surface area contributed by atoms with Gasteiger partial charge in [-0.2, -0.15) is 4.57 Å². The third-order valence-corrected chi connectivity index (χ3v) is 11.6. The van der Waals surface area contributed by atoms with Crippen molar-refractivity contribution in [1.29, 1.82) is 0 Å². The highest BCUT2D eigenvalue weighted by Crippen LogP contribution is 2.32. The van der Waals surface area contributed by atoms with Crippen molar-refractivity contribution >= 4 is 38.9 Å². The zero-order valence-electron chi connectivity index (χ0n) is 35.3. The van der Waals surface area contributed by atoms with Gasteiger partial charge in [-0.3, -0.25) is 0 Å². The first kappa shape index (κ1) is 51.3. The number of ether oxygens (including phenoxy) is 1. The zero-order chi connectivity index (χ0) is 52.3. The Balaban J connectivity index is 0.000000240. The number of hydrogen-bond donors (Lipinski definition) is 0. The molecule has 0 saturated carbocycles. The van der Waals surface area contributed by atoms with Crippen LogP contribution in [0.3, 0.4) is 0 Å². The van der Waals surface area contributed by atoms with E-state index in [-0.39, 0.29) is 0 Å². The number of pyridine rings is 1. The Hall–Kier alpha value is -7.59. The smallest absolute Gasteiger partial charge is 0.374 e. The Morgan fingerprint density at radius 2 is 0.690 bits per heavy atom. The molecule has 0 aliphatic carbocycles. The largest absolute Gasteiger partial charge is 0.405 e. The predicted octanol–water partition coefficient (Wildman–Crippen LogP) is 11.4. The molecule has 7 aromatic carbocycles. The van der Waals surface area contributed by atoms with Gasteiger partial charge in [-0.05, 0) is 43.2 Å². The summed E-state index contributed by atoms with van der Waals surface area (Å²) in [7, 11) is 0. The summed E-state index contributed by atoms with van der Waals surface area (Å²) in [5, 5.41) is 1.21.